The van der Waals surface area contributed by atoms with Gasteiger partial charge < -0.3 is 11.1 Å². The van der Waals surface area contributed by atoms with Crippen LogP contribution in [0.2, 0.25) is 0 Å². The highest BCUT2D eigenvalue weighted by atomic mass is 14.9. The molecule has 1 aromatic rings. The molecule has 0 heterocycles. The van der Waals surface area contributed by atoms with E-state index in [-0.39, 0.29) is 0 Å². The summed E-state index contributed by atoms with van der Waals surface area (Å²) in [6.07, 6.45) is 9.04. The fourth-order valence-electron chi connectivity index (χ4n) is 2.61. The van der Waals surface area contributed by atoms with Gasteiger partial charge in [0.1, 0.15) is 6.07 Å². The Morgan fingerprint density at radius 2 is 1.78 bits per heavy atom. The van der Waals surface area contributed by atoms with E-state index in [1.54, 1.807) is 6.07 Å². The number of hydrogen-bond donors (Lipinski definition) is 2. The highest BCUT2D eigenvalue weighted by molar-refractivity contribution is 5.73. The maximum atomic E-state index is 8.97. The third-order valence-corrected chi connectivity index (χ3v) is 3.69. The minimum Gasteiger partial charge on any atom is -0.396 e. The van der Waals surface area contributed by atoms with Crippen LogP contribution < -0.4 is 11.1 Å². The normalized spacial score (nSPS) is 17.5. The van der Waals surface area contributed by atoms with Gasteiger partial charge >= 0.3 is 0 Å². The summed E-state index contributed by atoms with van der Waals surface area (Å²) in [5, 5.41) is 12.5. The minimum absolute atomic E-state index is 0.501. The van der Waals surface area contributed by atoms with E-state index in [0.29, 0.717) is 17.3 Å². The standard InChI is InChI=1S/C15H21N3/c16-11-12-7-6-10-14(15(12)17)18-13-8-4-2-1-3-5-9-13/h6-7,10,13,18H,1-5,8-9,17H2. The van der Waals surface area contributed by atoms with Crippen molar-refractivity contribution in [2.24, 2.45) is 0 Å². The van der Waals surface area contributed by atoms with Crippen LogP contribution in [0.15, 0.2) is 18.2 Å². The zero-order valence-electron chi connectivity index (χ0n) is 10.8. The second-order valence-corrected chi connectivity index (χ2v) is 5.06. The number of rotatable bonds is 2. The highest BCUT2D eigenvalue weighted by Gasteiger charge is 2.13. The van der Waals surface area contributed by atoms with Crippen LogP contribution in [-0.4, -0.2) is 6.04 Å². The lowest BCUT2D eigenvalue weighted by molar-refractivity contribution is 0.471. The van der Waals surface area contributed by atoms with Crippen LogP contribution in [0.5, 0.6) is 0 Å². The van der Waals surface area contributed by atoms with Crippen LogP contribution in [-0.2, 0) is 0 Å². The highest BCUT2D eigenvalue weighted by Crippen LogP contribution is 2.26. The molecule has 1 aromatic carbocycles. The second kappa shape index (κ2) is 6.30. The summed E-state index contributed by atoms with van der Waals surface area (Å²) in [6.45, 7) is 0. The van der Waals surface area contributed by atoms with Gasteiger partial charge in [-0.05, 0) is 25.0 Å². The van der Waals surface area contributed by atoms with E-state index in [2.05, 4.69) is 11.4 Å². The van der Waals surface area contributed by atoms with E-state index in [0.717, 1.165) is 5.69 Å². The fourth-order valence-corrected chi connectivity index (χ4v) is 2.61. The molecule has 18 heavy (non-hydrogen) atoms. The Bertz CT molecular complexity index is 426. The zero-order chi connectivity index (χ0) is 12.8. The molecule has 0 bridgehead atoms. The number of para-hydroxylation sites is 1. The predicted octanol–water partition coefficient (Wildman–Crippen LogP) is 3.67. The summed E-state index contributed by atoms with van der Waals surface area (Å²) < 4.78 is 0. The summed E-state index contributed by atoms with van der Waals surface area (Å²) in [4.78, 5) is 0. The molecule has 0 atom stereocenters. The Morgan fingerprint density at radius 3 is 2.44 bits per heavy atom. The van der Waals surface area contributed by atoms with Crippen molar-refractivity contribution in [2.75, 3.05) is 11.1 Å². The summed E-state index contributed by atoms with van der Waals surface area (Å²) in [5.74, 6) is 0. The number of nitriles is 1. The van der Waals surface area contributed by atoms with Gasteiger partial charge in [0.15, 0.2) is 0 Å². The molecule has 3 N–H and O–H groups in total. The lowest BCUT2D eigenvalue weighted by Gasteiger charge is -2.23. The van der Waals surface area contributed by atoms with Gasteiger partial charge in [-0.1, -0.05) is 38.2 Å². The average molecular weight is 243 g/mol. The smallest absolute Gasteiger partial charge is 0.101 e. The van der Waals surface area contributed by atoms with Crippen molar-refractivity contribution in [3.8, 4) is 6.07 Å². The minimum atomic E-state index is 0.501. The number of nitrogens with two attached hydrogens (primary N) is 1. The van der Waals surface area contributed by atoms with Crippen molar-refractivity contribution in [1.29, 1.82) is 5.26 Å². The van der Waals surface area contributed by atoms with Crippen molar-refractivity contribution in [3.63, 3.8) is 0 Å². The molecular formula is C15H21N3. The Morgan fingerprint density at radius 1 is 1.11 bits per heavy atom. The molecule has 96 valence electrons. The molecule has 1 saturated carbocycles. The van der Waals surface area contributed by atoms with Crippen LogP contribution in [0.3, 0.4) is 0 Å². The van der Waals surface area contributed by atoms with Crippen LogP contribution in [0.1, 0.15) is 50.5 Å². The predicted molar refractivity (Wildman–Crippen MR) is 75.3 cm³/mol. The van der Waals surface area contributed by atoms with Gasteiger partial charge in [-0.25, -0.2) is 0 Å². The molecule has 0 amide bonds. The summed E-state index contributed by atoms with van der Waals surface area (Å²) in [5.41, 5.74) is 8.06. The quantitative estimate of drug-likeness (QED) is 0.779. The maximum Gasteiger partial charge on any atom is 0.101 e. The number of nitrogens with one attached hydrogen (secondary N) is 1. The van der Waals surface area contributed by atoms with Gasteiger partial charge in [0.25, 0.3) is 0 Å². The first kappa shape index (κ1) is 12.8. The molecule has 1 aliphatic rings. The number of hydrogen-bond acceptors (Lipinski definition) is 3. The lowest BCUT2D eigenvalue weighted by atomic mass is 9.96. The zero-order valence-corrected chi connectivity index (χ0v) is 10.8. The number of anilines is 2. The Kier molecular flexibility index (Phi) is 4.46. The topological polar surface area (TPSA) is 61.8 Å². The van der Waals surface area contributed by atoms with Crippen molar-refractivity contribution in [3.05, 3.63) is 23.8 Å². The molecule has 3 nitrogen and oxygen atoms in total. The first-order valence-electron chi connectivity index (χ1n) is 6.86. The number of benzene rings is 1. The molecule has 0 spiro atoms. The van der Waals surface area contributed by atoms with Crippen LogP contribution in [0, 0.1) is 11.3 Å². The average Bonchev–Trinajstić information content (AvgIpc) is 2.34. The maximum absolute atomic E-state index is 8.97. The third-order valence-electron chi connectivity index (χ3n) is 3.69. The molecule has 1 aliphatic carbocycles. The lowest BCUT2D eigenvalue weighted by Crippen LogP contribution is -2.21. The van der Waals surface area contributed by atoms with E-state index in [9.17, 15) is 0 Å². The second-order valence-electron chi connectivity index (χ2n) is 5.06. The van der Waals surface area contributed by atoms with Crippen LogP contribution >= 0.6 is 0 Å². The molecule has 0 aromatic heterocycles. The van der Waals surface area contributed by atoms with E-state index in [4.69, 9.17) is 11.0 Å². The largest absolute Gasteiger partial charge is 0.396 e. The summed E-state index contributed by atoms with van der Waals surface area (Å²) >= 11 is 0. The van der Waals surface area contributed by atoms with Gasteiger partial charge in [-0.2, -0.15) is 5.26 Å². The SMILES string of the molecule is N#Cc1cccc(NC2CCCCCCC2)c1N. The van der Waals surface area contributed by atoms with Gasteiger partial charge in [0.2, 0.25) is 0 Å². The van der Waals surface area contributed by atoms with E-state index >= 15 is 0 Å². The fraction of sp³-hybridized carbons (Fsp3) is 0.533. The van der Waals surface area contributed by atoms with Gasteiger partial charge in [-0.15, -0.1) is 0 Å². The number of nitrogen functional groups attached to an aromatic ring is 1. The van der Waals surface area contributed by atoms with Crippen molar-refractivity contribution < 1.29 is 0 Å². The molecule has 0 unspecified atom stereocenters. The molecule has 0 aliphatic heterocycles. The first-order valence-corrected chi connectivity index (χ1v) is 6.86. The number of nitrogens with zero attached hydrogens (tertiary/aromatic N) is 1. The Labute approximate surface area is 109 Å². The van der Waals surface area contributed by atoms with Crippen LogP contribution in [0.4, 0.5) is 11.4 Å². The molecule has 3 heteroatoms. The molecule has 1 fully saturated rings. The van der Waals surface area contributed by atoms with Gasteiger partial charge in [0, 0.05) is 6.04 Å². The van der Waals surface area contributed by atoms with Crippen molar-refractivity contribution in [1.82, 2.24) is 0 Å². The molecule has 0 saturated heterocycles. The summed E-state index contributed by atoms with van der Waals surface area (Å²) in [7, 11) is 0. The molecular weight excluding hydrogens is 222 g/mol. The van der Waals surface area contributed by atoms with E-state index < -0.39 is 0 Å². The Hall–Kier alpha value is -1.69. The van der Waals surface area contributed by atoms with Crippen molar-refractivity contribution >= 4 is 11.4 Å². The molecule has 0 radical (unpaired) electrons. The van der Waals surface area contributed by atoms with Crippen LogP contribution in [0.25, 0.3) is 0 Å². The third kappa shape index (κ3) is 3.16. The first-order chi connectivity index (χ1) is 8.81. The van der Waals surface area contributed by atoms with Crippen molar-refractivity contribution in [2.45, 2.75) is 51.0 Å². The van der Waals surface area contributed by atoms with Gasteiger partial charge in [0.05, 0.1) is 16.9 Å². The molecule has 2 rings (SSSR count). The monoisotopic (exact) mass is 243 g/mol. The van der Waals surface area contributed by atoms with E-state index in [1.807, 2.05) is 12.1 Å². The summed E-state index contributed by atoms with van der Waals surface area (Å²) in [6, 6.07) is 8.25. The van der Waals surface area contributed by atoms with E-state index in [1.165, 1.54) is 44.9 Å². The van der Waals surface area contributed by atoms with Gasteiger partial charge in [-0.3, -0.25) is 0 Å². The Balaban J connectivity index is 2.06.